The van der Waals surface area contributed by atoms with E-state index in [1.165, 1.54) is 5.56 Å². The fraction of sp³-hybridized carbons (Fsp3) is 0.143. The molecule has 19 heavy (non-hydrogen) atoms. The van der Waals surface area contributed by atoms with E-state index in [0.29, 0.717) is 5.11 Å². The van der Waals surface area contributed by atoms with Gasteiger partial charge in [0.05, 0.1) is 6.21 Å². The van der Waals surface area contributed by atoms with E-state index in [1.807, 2.05) is 35.0 Å². The van der Waals surface area contributed by atoms with Gasteiger partial charge in [0, 0.05) is 12.1 Å². The molecule has 0 saturated carbocycles. The molecule has 2 rings (SSSR count). The Morgan fingerprint density at radius 1 is 1.26 bits per heavy atom. The first-order valence-electron chi connectivity index (χ1n) is 5.97. The second-order valence-electron chi connectivity index (χ2n) is 3.92. The maximum Gasteiger partial charge on any atom is 0.186 e. The van der Waals surface area contributed by atoms with Crippen molar-refractivity contribution in [2.45, 2.75) is 6.42 Å². The Labute approximate surface area is 122 Å². The Kier molecular flexibility index (Phi) is 5.52. The Balaban J connectivity index is 1.65. The fourth-order valence-corrected chi connectivity index (χ4v) is 2.28. The third-order valence-corrected chi connectivity index (χ3v) is 3.40. The van der Waals surface area contributed by atoms with Gasteiger partial charge >= 0.3 is 0 Å². The molecule has 98 valence electrons. The molecule has 5 heteroatoms. The van der Waals surface area contributed by atoms with Gasteiger partial charge in [-0.25, -0.2) is 0 Å². The highest BCUT2D eigenvalue weighted by atomic mass is 32.1. The minimum absolute atomic E-state index is 0.544. The smallest absolute Gasteiger partial charge is 0.186 e. The van der Waals surface area contributed by atoms with Crippen molar-refractivity contribution < 1.29 is 0 Å². The van der Waals surface area contributed by atoms with Crippen molar-refractivity contribution >= 4 is 34.9 Å². The second-order valence-corrected chi connectivity index (χ2v) is 5.11. The average molecular weight is 289 g/mol. The van der Waals surface area contributed by atoms with Crippen LogP contribution in [-0.2, 0) is 6.42 Å². The summed E-state index contributed by atoms with van der Waals surface area (Å²) in [5.74, 6) is 0. The molecule has 0 spiro atoms. The Hall–Kier alpha value is -1.72. The van der Waals surface area contributed by atoms with Crippen molar-refractivity contribution in [1.82, 2.24) is 10.7 Å². The lowest BCUT2D eigenvalue weighted by Crippen LogP contribution is -2.33. The summed E-state index contributed by atoms with van der Waals surface area (Å²) in [5, 5.41) is 11.8. The van der Waals surface area contributed by atoms with E-state index in [2.05, 4.69) is 28.0 Å². The topological polar surface area (TPSA) is 36.4 Å². The maximum absolute atomic E-state index is 5.13. The van der Waals surface area contributed by atoms with E-state index < -0.39 is 0 Å². The van der Waals surface area contributed by atoms with Gasteiger partial charge in [0.25, 0.3) is 0 Å². The average Bonchev–Trinajstić information content (AvgIpc) is 2.93. The number of hydrogen-bond acceptors (Lipinski definition) is 3. The summed E-state index contributed by atoms with van der Waals surface area (Å²) in [5.41, 5.74) is 5.17. The molecule has 0 atom stereocenters. The van der Waals surface area contributed by atoms with E-state index in [-0.39, 0.29) is 0 Å². The van der Waals surface area contributed by atoms with Crippen LogP contribution in [0.4, 0.5) is 0 Å². The number of thiophene rings is 1. The summed E-state index contributed by atoms with van der Waals surface area (Å²) in [6.45, 7) is 0.795. The summed E-state index contributed by atoms with van der Waals surface area (Å²) in [4.78, 5) is 0. The third-order valence-electron chi connectivity index (χ3n) is 2.46. The normalized spacial score (nSPS) is 10.5. The summed E-state index contributed by atoms with van der Waals surface area (Å²) in [6, 6.07) is 12.3. The van der Waals surface area contributed by atoms with Gasteiger partial charge in [-0.2, -0.15) is 16.4 Å². The van der Waals surface area contributed by atoms with Crippen LogP contribution in [0.2, 0.25) is 0 Å². The van der Waals surface area contributed by atoms with Crippen molar-refractivity contribution in [3.8, 4) is 0 Å². The first-order valence-corrected chi connectivity index (χ1v) is 7.33. The quantitative estimate of drug-likeness (QED) is 0.505. The highest BCUT2D eigenvalue weighted by Gasteiger charge is 1.94. The lowest BCUT2D eigenvalue weighted by Gasteiger charge is -2.06. The van der Waals surface area contributed by atoms with Crippen LogP contribution < -0.4 is 10.7 Å². The molecule has 0 amide bonds. The van der Waals surface area contributed by atoms with Gasteiger partial charge in [-0.15, -0.1) is 0 Å². The fourth-order valence-electron chi connectivity index (χ4n) is 1.52. The van der Waals surface area contributed by atoms with Crippen molar-refractivity contribution in [2.75, 3.05) is 6.54 Å². The van der Waals surface area contributed by atoms with Crippen LogP contribution in [0.25, 0.3) is 0 Å². The molecule has 3 nitrogen and oxygen atoms in total. The van der Waals surface area contributed by atoms with Crippen LogP contribution >= 0.6 is 23.6 Å². The van der Waals surface area contributed by atoms with Gasteiger partial charge in [0.1, 0.15) is 0 Å². The lowest BCUT2D eigenvalue weighted by atomic mass is 10.1. The molecule has 2 N–H and O–H groups in total. The van der Waals surface area contributed by atoms with Crippen molar-refractivity contribution in [3.63, 3.8) is 0 Å². The van der Waals surface area contributed by atoms with Crippen molar-refractivity contribution in [3.05, 3.63) is 58.3 Å². The van der Waals surface area contributed by atoms with E-state index in [1.54, 1.807) is 17.6 Å². The molecule has 0 aliphatic heterocycles. The van der Waals surface area contributed by atoms with E-state index in [0.717, 1.165) is 18.5 Å². The van der Waals surface area contributed by atoms with Gasteiger partial charge in [0.2, 0.25) is 0 Å². The monoisotopic (exact) mass is 289 g/mol. The molecule has 0 aliphatic carbocycles. The Bertz CT molecular complexity index is 521. The number of hydrogen-bond donors (Lipinski definition) is 2. The van der Waals surface area contributed by atoms with Gasteiger partial charge < -0.3 is 5.32 Å². The van der Waals surface area contributed by atoms with E-state index in [9.17, 15) is 0 Å². The van der Waals surface area contributed by atoms with Crippen LogP contribution in [0.5, 0.6) is 0 Å². The molecule has 1 aromatic carbocycles. The second kappa shape index (κ2) is 7.66. The van der Waals surface area contributed by atoms with Gasteiger partial charge in [-0.1, -0.05) is 30.3 Å². The lowest BCUT2D eigenvalue weighted by molar-refractivity contribution is 0.838. The number of thiocarbonyl (C=S) groups is 1. The van der Waals surface area contributed by atoms with Crippen LogP contribution in [0.3, 0.4) is 0 Å². The molecule has 0 saturated heterocycles. The molecule has 0 fully saturated rings. The van der Waals surface area contributed by atoms with Gasteiger partial charge in [-0.3, -0.25) is 5.43 Å². The standard InChI is InChI=1S/C14H15N3S2/c18-14(17-16-10-13-7-9-19-11-13)15-8-6-12-4-2-1-3-5-12/h1-5,7,9-11H,6,8H2,(H2,15,17,18). The van der Waals surface area contributed by atoms with E-state index >= 15 is 0 Å². The summed E-state index contributed by atoms with van der Waals surface area (Å²) in [6.07, 6.45) is 2.69. The van der Waals surface area contributed by atoms with Crippen molar-refractivity contribution in [1.29, 1.82) is 0 Å². The summed E-state index contributed by atoms with van der Waals surface area (Å²) >= 11 is 6.77. The molecule has 0 unspecified atom stereocenters. The van der Waals surface area contributed by atoms with Crippen LogP contribution in [0.15, 0.2) is 52.3 Å². The maximum atomic E-state index is 5.13. The molecule has 0 radical (unpaired) electrons. The Morgan fingerprint density at radius 2 is 2.11 bits per heavy atom. The highest BCUT2D eigenvalue weighted by molar-refractivity contribution is 7.80. The first kappa shape index (κ1) is 13.7. The first-order chi connectivity index (χ1) is 9.34. The number of hydrazone groups is 1. The minimum atomic E-state index is 0.544. The SMILES string of the molecule is S=C(NCCc1ccccc1)NN=Cc1ccsc1. The Morgan fingerprint density at radius 3 is 2.84 bits per heavy atom. The molecular weight excluding hydrogens is 274 g/mol. The molecule has 0 aliphatic rings. The summed E-state index contributed by atoms with van der Waals surface area (Å²) in [7, 11) is 0. The molecule has 1 heterocycles. The molecule has 2 aromatic rings. The van der Waals surface area contributed by atoms with Crippen LogP contribution in [0, 0.1) is 0 Å². The van der Waals surface area contributed by atoms with E-state index in [4.69, 9.17) is 12.2 Å². The predicted octanol–water partition coefficient (Wildman–Crippen LogP) is 2.79. The van der Waals surface area contributed by atoms with Crippen molar-refractivity contribution in [2.24, 2.45) is 5.10 Å². The highest BCUT2D eigenvalue weighted by Crippen LogP contribution is 2.01. The molecule has 0 bridgehead atoms. The number of nitrogens with zero attached hydrogens (tertiary/aromatic N) is 1. The van der Waals surface area contributed by atoms with Gasteiger partial charge in [0.15, 0.2) is 5.11 Å². The zero-order chi connectivity index (χ0) is 13.3. The van der Waals surface area contributed by atoms with Crippen LogP contribution in [0.1, 0.15) is 11.1 Å². The third kappa shape index (κ3) is 5.19. The molecular formula is C14H15N3S2. The van der Waals surface area contributed by atoms with Crippen LogP contribution in [-0.4, -0.2) is 17.9 Å². The number of rotatable bonds is 5. The van der Waals surface area contributed by atoms with Gasteiger partial charge in [-0.05, 0) is 41.0 Å². The molecule has 1 aromatic heterocycles. The number of nitrogens with one attached hydrogen (secondary N) is 2. The summed E-state index contributed by atoms with van der Waals surface area (Å²) < 4.78 is 0. The largest absolute Gasteiger partial charge is 0.361 e. The zero-order valence-corrected chi connectivity index (χ0v) is 12.0. The number of benzene rings is 1. The predicted molar refractivity (Wildman–Crippen MR) is 85.8 cm³/mol. The zero-order valence-electron chi connectivity index (χ0n) is 10.4. The minimum Gasteiger partial charge on any atom is -0.361 e.